The van der Waals surface area contributed by atoms with E-state index in [-0.39, 0.29) is 0 Å². The largest absolute Gasteiger partial charge is 0.373 e. The number of rotatable bonds is 5. The number of nitrogens with two attached hydrogens (primary N) is 1. The summed E-state index contributed by atoms with van der Waals surface area (Å²) in [5.74, 6) is 2.93. The van der Waals surface area contributed by atoms with Crippen molar-refractivity contribution in [1.82, 2.24) is 9.97 Å². The van der Waals surface area contributed by atoms with Gasteiger partial charge in [-0.3, -0.25) is 0 Å². The SMILES string of the molecule is CNc1cc(N(C)C(C)CSC)nc(N)n1. The van der Waals surface area contributed by atoms with E-state index in [2.05, 4.69) is 33.4 Å². The fourth-order valence-electron chi connectivity index (χ4n) is 1.34. The number of anilines is 3. The van der Waals surface area contributed by atoms with Gasteiger partial charge in [-0.15, -0.1) is 0 Å². The molecular formula is C10H19N5S. The molecule has 0 bridgehead atoms. The van der Waals surface area contributed by atoms with Crippen molar-refractivity contribution in [3.63, 3.8) is 0 Å². The third-order valence-corrected chi connectivity index (χ3v) is 3.23. The smallest absolute Gasteiger partial charge is 0.223 e. The number of hydrogen-bond acceptors (Lipinski definition) is 6. The maximum Gasteiger partial charge on any atom is 0.223 e. The van der Waals surface area contributed by atoms with Crippen LogP contribution in [0.1, 0.15) is 6.92 Å². The maximum absolute atomic E-state index is 5.65. The molecule has 1 aromatic heterocycles. The summed E-state index contributed by atoms with van der Waals surface area (Å²) in [7, 11) is 3.83. The van der Waals surface area contributed by atoms with Gasteiger partial charge < -0.3 is 16.0 Å². The summed E-state index contributed by atoms with van der Waals surface area (Å²) in [6, 6.07) is 2.31. The van der Waals surface area contributed by atoms with Crippen LogP contribution in [-0.4, -0.2) is 42.1 Å². The Morgan fingerprint density at radius 3 is 2.81 bits per heavy atom. The molecule has 1 aromatic rings. The molecule has 1 unspecified atom stereocenters. The minimum absolute atomic E-state index is 0.296. The van der Waals surface area contributed by atoms with E-state index in [1.807, 2.05) is 31.9 Å². The lowest BCUT2D eigenvalue weighted by molar-refractivity contribution is 0.753. The molecule has 0 aliphatic rings. The summed E-state index contributed by atoms with van der Waals surface area (Å²) in [4.78, 5) is 10.4. The maximum atomic E-state index is 5.65. The van der Waals surface area contributed by atoms with Gasteiger partial charge in [-0.05, 0) is 13.2 Å². The average Bonchev–Trinajstić information content (AvgIpc) is 2.27. The van der Waals surface area contributed by atoms with Gasteiger partial charge in [0.25, 0.3) is 0 Å². The first kappa shape index (κ1) is 12.9. The van der Waals surface area contributed by atoms with Crippen LogP contribution in [0, 0.1) is 0 Å². The van der Waals surface area contributed by atoms with Crippen molar-refractivity contribution in [2.45, 2.75) is 13.0 Å². The van der Waals surface area contributed by atoms with E-state index < -0.39 is 0 Å². The molecule has 0 fully saturated rings. The average molecular weight is 241 g/mol. The van der Waals surface area contributed by atoms with Gasteiger partial charge in [0.1, 0.15) is 11.6 Å². The number of hydrogen-bond donors (Lipinski definition) is 2. The summed E-state index contributed by atoms with van der Waals surface area (Å²) in [5.41, 5.74) is 5.65. The van der Waals surface area contributed by atoms with Gasteiger partial charge in [0.05, 0.1) is 0 Å². The van der Waals surface area contributed by atoms with Crippen molar-refractivity contribution in [2.75, 3.05) is 42.1 Å². The first-order valence-electron chi connectivity index (χ1n) is 5.12. The molecule has 0 amide bonds. The molecule has 0 aromatic carbocycles. The van der Waals surface area contributed by atoms with Gasteiger partial charge in [0.15, 0.2) is 0 Å². The van der Waals surface area contributed by atoms with Crippen molar-refractivity contribution in [3.8, 4) is 0 Å². The monoisotopic (exact) mass is 241 g/mol. The fourth-order valence-corrected chi connectivity index (χ4v) is 2.05. The molecule has 0 spiro atoms. The molecule has 0 saturated carbocycles. The quantitative estimate of drug-likeness (QED) is 0.809. The third-order valence-electron chi connectivity index (χ3n) is 2.42. The molecule has 0 saturated heterocycles. The normalized spacial score (nSPS) is 12.2. The van der Waals surface area contributed by atoms with Crippen molar-refractivity contribution in [1.29, 1.82) is 0 Å². The molecule has 90 valence electrons. The second-order valence-electron chi connectivity index (χ2n) is 3.63. The molecule has 1 heterocycles. The highest BCUT2D eigenvalue weighted by molar-refractivity contribution is 7.98. The molecule has 3 N–H and O–H groups in total. The van der Waals surface area contributed by atoms with Crippen LogP contribution in [0.2, 0.25) is 0 Å². The van der Waals surface area contributed by atoms with Crippen molar-refractivity contribution in [3.05, 3.63) is 6.07 Å². The number of nitrogens with one attached hydrogen (secondary N) is 1. The molecular weight excluding hydrogens is 222 g/mol. The predicted molar refractivity (Wildman–Crippen MR) is 72.2 cm³/mol. The van der Waals surface area contributed by atoms with Gasteiger partial charge in [-0.1, -0.05) is 0 Å². The van der Waals surface area contributed by atoms with E-state index in [0.29, 0.717) is 12.0 Å². The molecule has 1 rings (SSSR count). The summed E-state index contributed by atoms with van der Waals surface area (Å²) in [6.07, 6.45) is 2.09. The minimum atomic E-state index is 0.296. The number of aromatic nitrogens is 2. The van der Waals surface area contributed by atoms with Gasteiger partial charge in [-0.2, -0.15) is 21.7 Å². The highest BCUT2D eigenvalue weighted by atomic mass is 32.2. The Balaban J connectivity index is 2.89. The van der Waals surface area contributed by atoms with Crippen LogP contribution < -0.4 is 16.0 Å². The number of thioether (sulfide) groups is 1. The Hall–Kier alpha value is -1.17. The Morgan fingerprint density at radius 2 is 2.25 bits per heavy atom. The summed E-state index contributed by atoms with van der Waals surface area (Å²) < 4.78 is 0. The standard InChI is InChI=1S/C10H19N5S/c1-7(6-16-4)15(3)9-5-8(12-2)13-10(11)14-9/h5,7H,6H2,1-4H3,(H3,11,12,13,14). The van der Waals surface area contributed by atoms with Crippen LogP contribution in [0.5, 0.6) is 0 Å². The highest BCUT2D eigenvalue weighted by Crippen LogP contribution is 2.18. The van der Waals surface area contributed by atoms with Gasteiger partial charge in [-0.25, -0.2) is 0 Å². The third kappa shape index (κ3) is 3.16. The van der Waals surface area contributed by atoms with Crippen molar-refractivity contribution in [2.24, 2.45) is 0 Å². The molecule has 0 radical (unpaired) electrons. The molecule has 16 heavy (non-hydrogen) atoms. The Morgan fingerprint density at radius 1 is 1.56 bits per heavy atom. The highest BCUT2D eigenvalue weighted by Gasteiger charge is 2.12. The van der Waals surface area contributed by atoms with E-state index in [1.165, 1.54) is 0 Å². The second-order valence-corrected chi connectivity index (χ2v) is 4.55. The molecule has 0 aliphatic carbocycles. The fraction of sp³-hybridized carbons (Fsp3) is 0.600. The van der Waals surface area contributed by atoms with Crippen LogP contribution in [0.15, 0.2) is 6.07 Å². The van der Waals surface area contributed by atoms with Crippen LogP contribution in [0.3, 0.4) is 0 Å². The van der Waals surface area contributed by atoms with E-state index in [9.17, 15) is 0 Å². The number of nitrogen functional groups attached to an aromatic ring is 1. The molecule has 0 aliphatic heterocycles. The summed E-state index contributed by atoms with van der Waals surface area (Å²) >= 11 is 1.81. The molecule has 1 atom stereocenters. The second kappa shape index (κ2) is 5.79. The predicted octanol–water partition coefficient (Wildman–Crippen LogP) is 1.29. The Kier molecular flexibility index (Phi) is 4.67. The summed E-state index contributed by atoms with van der Waals surface area (Å²) in [6.45, 7) is 2.16. The zero-order chi connectivity index (χ0) is 12.1. The minimum Gasteiger partial charge on any atom is -0.373 e. The zero-order valence-corrected chi connectivity index (χ0v) is 11.0. The van der Waals surface area contributed by atoms with E-state index >= 15 is 0 Å². The van der Waals surface area contributed by atoms with Crippen LogP contribution in [0.25, 0.3) is 0 Å². The van der Waals surface area contributed by atoms with E-state index in [1.54, 1.807) is 0 Å². The van der Waals surface area contributed by atoms with Gasteiger partial charge in [0, 0.05) is 32.0 Å². The topological polar surface area (TPSA) is 67.1 Å². The zero-order valence-electron chi connectivity index (χ0n) is 10.2. The lowest BCUT2D eigenvalue weighted by atomic mass is 10.3. The van der Waals surface area contributed by atoms with Crippen LogP contribution >= 0.6 is 11.8 Å². The van der Waals surface area contributed by atoms with Gasteiger partial charge in [0.2, 0.25) is 5.95 Å². The van der Waals surface area contributed by atoms with Gasteiger partial charge >= 0.3 is 0 Å². The first-order chi connectivity index (χ1) is 7.58. The van der Waals surface area contributed by atoms with E-state index in [0.717, 1.165) is 17.4 Å². The number of nitrogens with zero attached hydrogens (tertiary/aromatic N) is 3. The molecule has 5 nitrogen and oxygen atoms in total. The van der Waals surface area contributed by atoms with Crippen LogP contribution in [-0.2, 0) is 0 Å². The lowest BCUT2D eigenvalue weighted by Gasteiger charge is -2.25. The molecule has 6 heteroatoms. The first-order valence-corrected chi connectivity index (χ1v) is 6.52. The Labute approximate surface area is 101 Å². The van der Waals surface area contributed by atoms with Crippen LogP contribution in [0.4, 0.5) is 17.6 Å². The van der Waals surface area contributed by atoms with Crippen molar-refractivity contribution < 1.29 is 0 Å². The lowest BCUT2D eigenvalue weighted by Crippen LogP contribution is -2.31. The summed E-state index contributed by atoms with van der Waals surface area (Å²) in [5, 5.41) is 2.97. The van der Waals surface area contributed by atoms with E-state index in [4.69, 9.17) is 5.73 Å². The Bertz CT molecular complexity index is 344. The van der Waals surface area contributed by atoms with Crippen molar-refractivity contribution >= 4 is 29.3 Å².